The lowest BCUT2D eigenvalue weighted by atomic mass is 10.0. The van der Waals surface area contributed by atoms with Gasteiger partial charge < -0.3 is 29.2 Å². The van der Waals surface area contributed by atoms with Crippen LogP contribution in [0.4, 0.5) is 0 Å². The number of fused-ring (bicyclic) bond motifs is 1. The largest absolute Gasteiger partial charge is 0.504 e. The fraction of sp³-hybridized carbons (Fsp3) is 0.300. The molecule has 3 aromatic rings. The van der Waals surface area contributed by atoms with Crippen molar-refractivity contribution in [2.75, 3.05) is 14.2 Å². The molecule has 2 unspecified atom stereocenters. The number of hydrogen-bond acceptors (Lipinski definition) is 6. The van der Waals surface area contributed by atoms with E-state index in [4.69, 9.17) is 13.9 Å². The van der Waals surface area contributed by atoms with Gasteiger partial charge in [-0.15, -0.1) is 0 Å². The van der Waals surface area contributed by atoms with E-state index < -0.39 is 12.2 Å². The second-order valence-corrected chi connectivity index (χ2v) is 6.23. The van der Waals surface area contributed by atoms with Gasteiger partial charge in [-0.3, -0.25) is 0 Å². The van der Waals surface area contributed by atoms with Crippen molar-refractivity contribution in [3.05, 3.63) is 41.5 Å². The number of furan rings is 1. The lowest BCUT2D eigenvalue weighted by Crippen LogP contribution is -2.13. The number of benzene rings is 2. The molecule has 0 saturated carbocycles. The van der Waals surface area contributed by atoms with Crippen LogP contribution < -0.4 is 9.47 Å². The van der Waals surface area contributed by atoms with Crippen LogP contribution in [-0.4, -0.2) is 35.6 Å². The van der Waals surface area contributed by atoms with Crippen LogP contribution in [0.3, 0.4) is 0 Å². The van der Waals surface area contributed by atoms with Gasteiger partial charge >= 0.3 is 0 Å². The average molecular weight is 358 g/mol. The molecular formula is C20H22O6. The highest BCUT2D eigenvalue weighted by molar-refractivity contribution is 5.92. The molecule has 0 saturated heterocycles. The van der Waals surface area contributed by atoms with Crippen LogP contribution in [0.25, 0.3) is 22.3 Å². The van der Waals surface area contributed by atoms with Gasteiger partial charge in [0.05, 0.1) is 20.3 Å². The molecule has 0 fully saturated rings. The van der Waals surface area contributed by atoms with Gasteiger partial charge in [-0.1, -0.05) is 0 Å². The third-order valence-corrected chi connectivity index (χ3v) is 4.49. The van der Waals surface area contributed by atoms with Gasteiger partial charge in [0, 0.05) is 16.5 Å². The highest BCUT2D eigenvalue weighted by Gasteiger charge is 2.21. The van der Waals surface area contributed by atoms with Crippen molar-refractivity contribution in [3.8, 4) is 28.6 Å². The molecule has 0 spiro atoms. The molecule has 2 atom stereocenters. The fourth-order valence-electron chi connectivity index (χ4n) is 3.00. The van der Waals surface area contributed by atoms with Crippen molar-refractivity contribution < 1.29 is 29.2 Å². The summed E-state index contributed by atoms with van der Waals surface area (Å²) in [6.07, 6.45) is -1.94. The fourth-order valence-corrected chi connectivity index (χ4v) is 3.00. The smallest absolute Gasteiger partial charge is 0.176 e. The number of aliphatic hydroxyl groups is 2. The van der Waals surface area contributed by atoms with Gasteiger partial charge in [-0.05, 0) is 49.7 Å². The van der Waals surface area contributed by atoms with Crippen molar-refractivity contribution in [1.82, 2.24) is 0 Å². The summed E-state index contributed by atoms with van der Waals surface area (Å²) in [5.74, 6) is 1.47. The first-order valence-electron chi connectivity index (χ1n) is 8.22. The van der Waals surface area contributed by atoms with E-state index in [0.29, 0.717) is 28.4 Å². The molecule has 0 aliphatic carbocycles. The van der Waals surface area contributed by atoms with Gasteiger partial charge in [-0.2, -0.15) is 0 Å². The van der Waals surface area contributed by atoms with E-state index in [1.165, 1.54) is 21.1 Å². The number of aryl methyl sites for hydroxylation is 1. The third kappa shape index (κ3) is 2.98. The van der Waals surface area contributed by atoms with Crippen LogP contribution in [0, 0.1) is 6.92 Å². The summed E-state index contributed by atoms with van der Waals surface area (Å²) < 4.78 is 16.6. The highest BCUT2D eigenvalue weighted by Crippen LogP contribution is 2.41. The van der Waals surface area contributed by atoms with Crippen LogP contribution in [0.15, 0.2) is 34.7 Å². The molecule has 3 N–H and O–H groups in total. The van der Waals surface area contributed by atoms with E-state index in [-0.39, 0.29) is 5.75 Å². The zero-order chi connectivity index (χ0) is 19.0. The number of aliphatic hydroxyl groups excluding tert-OH is 2. The van der Waals surface area contributed by atoms with Crippen LogP contribution in [-0.2, 0) is 0 Å². The maximum Gasteiger partial charge on any atom is 0.176 e. The highest BCUT2D eigenvalue weighted by atomic mass is 16.5. The van der Waals surface area contributed by atoms with Crippen LogP contribution in [0.1, 0.15) is 24.2 Å². The normalized spacial score (nSPS) is 13.6. The molecule has 0 amide bonds. The van der Waals surface area contributed by atoms with E-state index in [1.54, 1.807) is 30.3 Å². The summed E-state index contributed by atoms with van der Waals surface area (Å²) in [6.45, 7) is 3.43. The minimum atomic E-state index is -1.03. The SMILES string of the molecule is COc1cc(-c2oc3c(OC)cc(C(O)C(C)O)cc3c2C)ccc1O. The molecule has 0 aliphatic rings. The summed E-state index contributed by atoms with van der Waals surface area (Å²) in [5.41, 5.74) is 2.69. The lowest BCUT2D eigenvalue weighted by Gasteiger charge is -2.15. The topological polar surface area (TPSA) is 92.3 Å². The van der Waals surface area contributed by atoms with Gasteiger partial charge in [0.15, 0.2) is 22.8 Å². The van der Waals surface area contributed by atoms with E-state index in [1.807, 2.05) is 6.92 Å². The minimum absolute atomic E-state index is 0.0462. The van der Waals surface area contributed by atoms with Gasteiger partial charge in [0.1, 0.15) is 11.9 Å². The van der Waals surface area contributed by atoms with E-state index in [9.17, 15) is 15.3 Å². The van der Waals surface area contributed by atoms with Crippen molar-refractivity contribution in [2.45, 2.75) is 26.1 Å². The Morgan fingerprint density at radius 1 is 1.00 bits per heavy atom. The minimum Gasteiger partial charge on any atom is -0.504 e. The van der Waals surface area contributed by atoms with Crippen LogP contribution >= 0.6 is 0 Å². The molecule has 1 heterocycles. The summed E-state index contributed by atoms with van der Waals surface area (Å²) in [7, 11) is 3.01. The third-order valence-electron chi connectivity index (χ3n) is 4.49. The van der Waals surface area contributed by atoms with Crippen molar-refractivity contribution in [3.63, 3.8) is 0 Å². The monoisotopic (exact) mass is 358 g/mol. The zero-order valence-corrected chi connectivity index (χ0v) is 15.1. The molecule has 138 valence electrons. The summed E-state index contributed by atoms with van der Waals surface area (Å²) in [6, 6.07) is 8.42. The average Bonchev–Trinajstić information content (AvgIpc) is 2.97. The maximum absolute atomic E-state index is 10.2. The predicted octanol–water partition coefficient (Wildman–Crippen LogP) is 3.55. The second kappa shape index (κ2) is 6.90. The number of methoxy groups -OCH3 is 2. The first-order chi connectivity index (χ1) is 12.4. The molecule has 0 aliphatic heterocycles. The quantitative estimate of drug-likeness (QED) is 0.646. The van der Waals surface area contributed by atoms with E-state index >= 15 is 0 Å². The Balaban J connectivity index is 2.22. The zero-order valence-electron chi connectivity index (χ0n) is 15.1. The number of hydrogen-bond donors (Lipinski definition) is 3. The van der Waals surface area contributed by atoms with E-state index in [0.717, 1.165) is 16.5 Å². The van der Waals surface area contributed by atoms with Gasteiger partial charge in [0.25, 0.3) is 0 Å². The van der Waals surface area contributed by atoms with Crippen molar-refractivity contribution in [2.24, 2.45) is 0 Å². The molecule has 26 heavy (non-hydrogen) atoms. The molecule has 1 aromatic heterocycles. The predicted molar refractivity (Wildman–Crippen MR) is 97.8 cm³/mol. The molecular weight excluding hydrogens is 336 g/mol. The standard InChI is InChI=1S/C20H22O6/c1-10-14-7-13(18(23)11(2)21)9-17(25-4)20(14)26-19(10)12-5-6-15(22)16(8-12)24-3/h5-9,11,18,21-23H,1-4H3. The first kappa shape index (κ1) is 18.1. The summed E-state index contributed by atoms with van der Waals surface area (Å²) in [4.78, 5) is 0. The van der Waals surface area contributed by atoms with Gasteiger partial charge in [-0.25, -0.2) is 0 Å². The Hall–Kier alpha value is -2.70. The number of rotatable bonds is 5. The summed E-state index contributed by atoms with van der Waals surface area (Å²) >= 11 is 0. The summed E-state index contributed by atoms with van der Waals surface area (Å²) in [5, 5.41) is 30.5. The van der Waals surface area contributed by atoms with Crippen molar-refractivity contribution in [1.29, 1.82) is 0 Å². The number of phenols is 1. The lowest BCUT2D eigenvalue weighted by molar-refractivity contribution is 0.0305. The Morgan fingerprint density at radius 2 is 1.69 bits per heavy atom. The van der Waals surface area contributed by atoms with Crippen LogP contribution in [0.5, 0.6) is 17.2 Å². The molecule has 0 radical (unpaired) electrons. The Kier molecular flexibility index (Phi) is 4.80. The molecule has 2 aromatic carbocycles. The molecule has 0 bridgehead atoms. The van der Waals surface area contributed by atoms with Gasteiger partial charge in [0.2, 0.25) is 0 Å². The molecule has 6 heteroatoms. The first-order valence-corrected chi connectivity index (χ1v) is 8.22. The molecule has 6 nitrogen and oxygen atoms in total. The second-order valence-electron chi connectivity index (χ2n) is 6.23. The van der Waals surface area contributed by atoms with Crippen molar-refractivity contribution >= 4 is 11.0 Å². The molecule has 3 rings (SSSR count). The Labute approximate surface area is 151 Å². The number of phenolic OH excluding ortho intramolecular Hbond substituents is 1. The Bertz CT molecular complexity index is 941. The number of aromatic hydroxyl groups is 1. The number of ether oxygens (including phenoxy) is 2. The maximum atomic E-state index is 10.2. The van der Waals surface area contributed by atoms with Crippen LogP contribution in [0.2, 0.25) is 0 Å². The Morgan fingerprint density at radius 3 is 2.31 bits per heavy atom. The van der Waals surface area contributed by atoms with E-state index in [2.05, 4.69) is 0 Å².